The maximum atomic E-state index is 12.7. The SMILES string of the molecule is CC(C)CCNC(=O)c1ccnc(Nc2ccc(C(=O)N=C3NCCN3)cc2C(C)(C)C)c1. The second-order valence-electron chi connectivity index (χ2n) is 9.62. The number of aromatic nitrogens is 1. The molecule has 0 saturated carbocycles. The summed E-state index contributed by atoms with van der Waals surface area (Å²) in [5.74, 6) is 1.18. The van der Waals surface area contributed by atoms with E-state index in [-0.39, 0.29) is 17.2 Å². The molecule has 0 unspecified atom stereocenters. The lowest BCUT2D eigenvalue weighted by molar-refractivity contribution is 0.0950. The first-order chi connectivity index (χ1) is 15.6. The second-order valence-corrected chi connectivity index (χ2v) is 9.62. The highest BCUT2D eigenvalue weighted by Crippen LogP contribution is 2.32. The molecule has 0 radical (unpaired) electrons. The number of amides is 2. The van der Waals surface area contributed by atoms with Gasteiger partial charge >= 0.3 is 0 Å². The third-order valence-electron chi connectivity index (χ3n) is 5.29. The summed E-state index contributed by atoms with van der Waals surface area (Å²) in [7, 11) is 0. The molecule has 4 N–H and O–H groups in total. The van der Waals surface area contributed by atoms with Crippen molar-refractivity contribution in [2.45, 2.75) is 46.5 Å². The van der Waals surface area contributed by atoms with E-state index in [1.807, 2.05) is 12.1 Å². The quantitative estimate of drug-likeness (QED) is 0.514. The zero-order valence-electron chi connectivity index (χ0n) is 20.1. The molecule has 2 amide bonds. The largest absolute Gasteiger partial charge is 0.354 e. The number of carbonyl (C=O) groups excluding carboxylic acids is 2. The average molecular weight is 451 g/mol. The van der Waals surface area contributed by atoms with Gasteiger partial charge in [0.05, 0.1) is 0 Å². The number of aliphatic imine (C=N–C) groups is 1. The summed E-state index contributed by atoms with van der Waals surface area (Å²) in [6, 6.07) is 8.92. The smallest absolute Gasteiger partial charge is 0.280 e. The van der Waals surface area contributed by atoms with E-state index < -0.39 is 0 Å². The van der Waals surface area contributed by atoms with Crippen LogP contribution in [0.4, 0.5) is 11.5 Å². The van der Waals surface area contributed by atoms with Crippen LogP contribution in [0, 0.1) is 5.92 Å². The zero-order valence-corrected chi connectivity index (χ0v) is 20.1. The molecule has 1 fully saturated rings. The highest BCUT2D eigenvalue weighted by Gasteiger charge is 2.21. The van der Waals surface area contributed by atoms with Crippen LogP contribution in [0.5, 0.6) is 0 Å². The minimum absolute atomic E-state index is 0.119. The van der Waals surface area contributed by atoms with E-state index in [1.165, 1.54) is 0 Å². The molecular formula is C25H34N6O2. The third kappa shape index (κ3) is 6.78. The number of hydrogen-bond donors (Lipinski definition) is 4. The van der Waals surface area contributed by atoms with Crippen LogP contribution in [-0.4, -0.2) is 42.4 Å². The molecule has 176 valence electrons. The lowest BCUT2D eigenvalue weighted by Crippen LogP contribution is -2.25. The van der Waals surface area contributed by atoms with Gasteiger partial charge in [0.2, 0.25) is 0 Å². The number of hydrogen-bond acceptors (Lipinski definition) is 4. The molecule has 0 atom stereocenters. The van der Waals surface area contributed by atoms with Gasteiger partial charge in [0.15, 0.2) is 5.96 Å². The van der Waals surface area contributed by atoms with E-state index in [4.69, 9.17) is 0 Å². The van der Waals surface area contributed by atoms with E-state index in [2.05, 4.69) is 65.9 Å². The van der Waals surface area contributed by atoms with Crippen molar-refractivity contribution in [1.82, 2.24) is 20.9 Å². The Morgan fingerprint density at radius 1 is 1.09 bits per heavy atom. The normalized spacial score (nSPS) is 13.3. The van der Waals surface area contributed by atoms with E-state index in [9.17, 15) is 9.59 Å². The first-order valence-electron chi connectivity index (χ1n) is 11.4. The summed E-state index contributed by atoms with van der Waals surface area (Å²) in [5, 5.41) is 12.4. The summed E-state index contributed by atoms with van der Waals surface area (Å²) in [6.07, 6.45) is 2.55. The molecule has 0 bridgehead atoms. The Morgan fingerprint density at radius 2 is 1.82 bits per heavy atom. The molecular weight excluding hydrogens is 416 g/mol. The Bertz CT molecular complexity index is 1030. The number of guanidine groups is 1. The van der Waals surface area contributed by atoms with Crippen molar-refractivity contribution < 1.29 is 9.59 Å². The number of rotatable bonds is 7. The van der Waals surface area contributed by atoms with Crippen LogP contribution in [0.15, 0.2) is 41.5 Å². The van der Waals surface area contributed by atoms with Gasteiger partial charge in [-0.2, -0.15) is 4.99 Å². The van der Waals surface area contributed by atoms with Crippen molar-refractivity contribution in [2.24, 2.45) is 10.9 Å². The lowest BCUT2D eigenvalue weighted by atomic mass is 9.84. The van der Waals surface area contributed by atoms with Crippen LogP contribution in [0.3, 0.4) is 0 Å². The average Bonchev–Trinajstić information content (AvgIpc) is 3.26. The molecule has 8 nitrogen and oxygen atoms in total. The van der Waals surface area contributed by atoms with Crippen LogP contribution in [0.1, 0.15) is 67.3 Å². The summed E-state index contributed by atoms with van der Waals surface area (Å²) in [6.45, 7) is 12.7. The van der Waals surface area contributed by atoms with Crippen molar-refractivity contribution in [3.63, 3.8) is 0 Å². The third-order valence-corrected chi connectivity index (χ3v) is 5.29. The van der Waals surface area contributed by atoms with Crippen molar-refractivity contribution in [3.8, 4) is 0 Å². The lowest BCUT2D eigenvalue weighted by Gasteiger charge is -2.24. The van der Waals surface area contributed by atoms with Gasteiger partial charge < -0.3 is 21.3 Å². The van der Waals surface area contributed by atoms with Crippen LogP contribution in [-0.2, 0) is 5.41 Å². The second kappa shape index (κ2) is 10.5. The minimum Gasteiger partial charge on any atom is -0.354 e. The fourth-order valence-corrected chi connectivity index (χ4v) is 3.43. The van der Waals surface area contributed by atoms with Gasteiger partial charge in [-0.25, -0.2) is 4.98 Å². The summed E-state index contributed by atoms with van der Waals surface area (Å²) in [4.78, 5) is 33.7. The highest BCUT2D eigenvalue weighted by molar-refractivity contribution is 6.03. The van der Waals surface area contributed by atoms with Crippen LogP contribution in [0.25, 0.3) is 0 Å². The van der Waals surface area contributed by atoms with Crippen LogP contribution < -0.4 is 21.3 Å². The number of benzene rings is 1. The van der Waals surface area contributed by atoms with Gasteiger partial charge in [-0.15, -0.1) is 0 Å². The molecule has 1 aromatic carbocycles. The Kier molecular flexibility index (Phi) is 7.68. The highest BCUT2D eigenvalue weighted by atomic mass is 16.2. The van der Waals surface area contributed by atoms with Gasteiger partial charge in [0.1, 0.15) is 5.82 Å². The molecule has 1 saturated heterocycles. The number of pyridine rings is 1. The Labute approximate surface area is 195 Å². The molecule has 3 rings (SSSR count). The van der Waals surface area contributed by atoms with Crippen molar-refractivity contribution in [2.75, 3.05) is 25.0 Å². The Hall–Kier alpha value is -3.42. The monoisotopic (exact) mass is 450 g/mol. The summed E-state index contributed by atoms with van der Waals surface area (Å²) < 4.78 is 0. The van der Waals surface area contributed by atoms with Crippen LogP contribution in [0.2, 0.25) is 0 Å². The van der Waals surface area contributed by atoms with Crippen molar-refractivity contribution in [3.05, 3.63) is 53.2 Å². The van der Waals surface area contributed by atoms with Gasteiger partial charge in [-0.05, 0) is 53.6 Å². The van der Waals surface area contributed by atoms with Gasteiger partial charge in [-0.3, -0.25) is 9.59 Å². The number of nitrogens with zero attached hydrogens (tertiary/aromatic N) is 2. The number of nitrogens with one attached hydrogen (secondary N) is 4. The van der Waals surface area contributed by atoms with Crippen molar-refractivity contribution >= 4 is 29.3 Å². The van der Waals surface area contributed by atoms with Crippen molar-refractivity contribution in [1.29, 1.82) is 0 Å². The topological polar surface area (TPSA) is 108 Å². The standard InChI is InChI=1S/C25H34N6O2/c1-16(2)8-10-27-22(32)18-9-11-26-21(15-18)30-20-7-6-17(14-19(20)25(3,4)5)23(33)31-24-28-12-13-29-24/h6-7,9,11,14-16H,8,10,12-13H2,1-5H3,(H,26,30)(H,27,32)(H2,28,29,31,33). The number of carbonyl (C=O) groups is 2. The molecule has 2 heterocycles. The van der Waals surface area contributed by atoms with Gasteiger partial charge in [0, 0.05) is 42.6 Å². The zero-order chi connectivity index (χ0) is 24.0. The Morgan fingerprint density at radius 3 is 2.48 bits per heavy atom. The first-order valence-corrected chi connectivity index (χ1v) is 11.4. The summed E-state index contributed by atoms with van der Waals surface area (Å²) >= 11 is 0. The van der Waals surface area contributed by atoms with Gasteiger partial charge in [-0.1, -0.05) is 34.6 Å². The molecule has 1 aliphatic heterocycles. The molecule has 33 heavy (non-hydrogen) atoms. The van der Waals surface area contributed by atoms with E-state index in [0.717, 1.165) is 30.8 Å². The van der Waals surface area contributed by atoms with Gasteiger partial charge in [0.25, 0.3) is 11.8 Å². The van der Waals surface area contributed by atoms with E-state index in [1.54, 1.807) is 24.4 Å². The fourth-order valence-electron chi connectivity index (χ4n) is 3.43. The van der Waals surface area contributed by atoms with E-state index in [0.29, 0.717) is 35.4 Å². The minimum atomic E-state index is -0.304. The van der Waals surface area contributed by atoms with Crippen LogP contribution >= 0.6 is 0 Å². The van der Waals surface area contributed by atoms with E-state index >= 15 is 0 Å². The predicted molar refractivity (Wildman–Crippen MR) is 132 cm³/mol. The summed E-state index contributed by atoms with van der Waals surface area (Å²) in [5.41, 5.74) is 2.61. The fraction of sp³-hybridized carbons (Fsp3) is 0.440. The molecule has 8 heteroatoms. The molecule has 0 spiro atoms. The first kappa shape index (κ1) is 24.2. The maximum Gasteiger partial charge on any atom is 0.280 e. The predicted octanol–water partition coefficient (Wildman–Crippen LogP) is 3.59. The molecule has 0 aliphatic carbocycles. The molecule has 2 aromatic rings. The maximum absolute atomic E-state index is 12.7. The molecule has 1 aromatic heterocycles. The molecule has 1 aliphatic rings. The Balaban J connectivity index is 1.81. The number of anilines is 2.